The van der Waals surface area contributed by atoms with Crippen LogP contribution in [0.25, 0.3) is 0 Å². The zero-order chi connectivity index (χ0) is 15.6. The van der Waals surface area contributed by atoms with E-state index in [0.29, 0.717) is 6.54 Å². The number of amides is 2. The molecule has 2 amide bonds. The normalized spacial score (nSPS) is 11.0. The first kappa shape index (κ1) is 14.9. The number of aromatic nitrogens is 4. The molecule has 2 aromatic heterocycles. The first-order chi connectivity index (χ1) is 9.88. The Morgan fingerprint density at radius 2 is 2.19 bits per heavy atom. The van der Waals surface area contributed by atoms with Crippen LogP contribution in [0.2, 0.25) is 0 Å². The molecular weight excluding hydrogens is 282 g/mol. The van der Waals surface area contributed by atoms with Gasteiger partial charge >= 0.3 is 6.03 Å². The molecule has 0 aliphatic rings. The van der Waals surface area contributed by atoms with Gasteiger partial charge in [0.2, 0.25) is 0 Å². The molecule has 0 aromatic carbocycles. The zero-order valence-corrected chi connectivity index (χ0v) is 11.9. The monoisotopic (exact) mass is 298 g/mol. The number of imidazole rings is 1. The summed E-state index contributed by atoms with van der Waals surface area (Å²) in [5, 5.41) is 6.07. The van der Waals surface area contributed by atoms with Gasteiger partial charge in [-0.2, -0.15) is 5.10 Å². The standard InChI is InChI=1S/C12H16F2N6O/c1-18(5-8-4-15-7-19(8)2)12(21)16-9-6-20(3)17-10(9)11(13)14/h4,6-7,11H,5H2,1-3H3,(H,16,21). The predicted octanol–water partition coefficient (Wildman–Crippen LogP) is 1.76. The van der Waals surface area contributed by atoms with Crippen LogP contribution in [-0.2, 0) is 20.6 Å². The number of carbonyl (C=O) groups is 1. The average Bonchev–Trinajstić information content (AvgIpc) is 2.96. The first-order valence-corrected chi connectivity index (χ1v) is 6.17. The smallest absolute Gasteiger partial charge is 0.322 e. The Kier molecular flexibility index (Phi) is 4.20. The minimum atomic E-state index is -2.75. The lowest BCUT2D eigenvalue weighted by Gasteiger charge is -2.17. The summed E-state index contributed by atoms with van der Waals surface area (Å²) in [4.78, 5) is 17.4. The van der Waals surface area contributed by atoms with E-state index in [9.17, 15) is 13.6 Å². The molecule has 7 nitrogen and oxygen atoms in total. The number of hydrogen-bond acceptors (Lipinski definition) is 3. The van der Waals surface area contributed by atoms with E-state index in [0.717, 1.165) is 5.69 Å². The van der Waals surface area contributed by atoms with Gasteiger partial charge in [0, 0.05) is 33.5 Å². The highest BCUT2D eigenvalue weighted by molar-refractivity contribution is 5.89. The number of anilines is 1. The molecule has 2 rings (SSSR count). The molecule has 0 radical (unpaired) electrons. The Balaban J connectivity index is 2.06. The molecule has 0 fully saturated rings. The maximum atomic E-state index is 12.8. The van der Waals surface area contributed by atoms with Gasteiger partial charge in [0.15, 0.2) is 5.69 Å². The first-order valence-electron chi connectivity index (χ1n) is 6.17. The van der Waals surface area contributed by atoms with Crippen LogP contribution in [0, 0.1) is 0 Å². The van der Waals surface area contributed by atoms with Gasteiger partial charge in [0.25, 0.3) is 6.43 Å². The second kappa shape index (κ2) is 5.90. The van der Waals surface area contributed by atoms with E-state index in [-0.39, 0.29) is 5.69 Å². The van der Waals surface area contributed by atoms with Crippen molar-refractivity contribution in [2.45, 2.75) is 13.0 Å². The van der Waals surface area contributed by atoms with Crippen molar-refractivity contribution in [3.8, 4) is 0 Å². The molecule has 2 aromatic rings. The van der Waals surface area contributed by atoms with Crippen LogP contribution in [0.3, 0.4) is 0 Å². The van der Waals surface area contributed by atoms with Crippen molar-refractivity contribution >= 4 is 11.7 Å². The van der Waals surface area contributed by atoms with E-state index >= 15 is 0 Å². The van der Waals surface area contributed by atoms with Gasteiger partial charge in [0.05, 0.1) is 24.3 Å². The van der Waals surface area contributed by atoms with Crippen LogP contribution in [0.5, 0.6) is 0 Å². The number of halogens is 2. The topological polar surface area (TPSA) is 68.0 Å². The van der Waals surface area contributed by atoms with Crippen molar-refractivity contribution in [2.75, 3.05) is 12.4 Å². The van der Waals surface area contributed by atoms with Crippen molar-refractivity contribution in [1.82, 2.24) is 24.2 Å². The lowest BCUT2D eigenvalue weighted by molar-refractivity contribution is 0.146. The highest BCUT2D eigenvalue weighted by Crippen LogP contribution is 2.25. The van der Waals surface area contributed by atoms with E-state index in [1.165, 1.54) is 22.8 Å². The van der Waals surface area contributed by atoms with E-state index in [1.54, 1.807) is 24.1 Å². The summed E-state index contributed by atoms with van der Waals surface area (Å²) in [5.74, 6) is 0. The summed E-state index contributed by atoms with van der Waals surface area (Å²) in [6.07, 6.45) is 1.86. The van der Waals surface area contributed by atoms with Crippen LogP contribution in [-0.4, -0.2) is 37.3 Å². The Morgan fingerprint density at radius 1 is 1.48 bits per heavy atom. The van der Waals surface area contributed by atoms with Crippen LogP contribution < -0.4 is 5.32 Å². The largest absolute Gasteiger partial charge is 0.336 e. The fraction of sp³-hybridized carbons (Fsp3) is 0.417. The third-order valence-corrected chi connectivity index (χ3v) is 2.97. The Bertz CT molecular complexity index is 635. The number of aryl methyl sites for hydroxylation is 2. The van der Waals surface area contributed by atoms with Crippen LogP contribution in [0.1, 0.15) is 17.8 Å². The predicted molar refractivity (Wildman–Crippen MR) is 71.9 cm³/mol. The second-order valence-corrected chi connectivity index (χ2v) is 4.68. The van der Waals surface area contributed by atoms with Gasteiger partial charge in [-0.15, -0.1) is 0 Å². The molecule has 0 aliphatic carbocycles. The van der Waals surface area contributed by atoms with Gasteiger partial charge in [-0.05, 0) is 0 Å². The minimum Gasteiger partial charge on any atom is -0.336 e. The SMILES string of the molecule is CN(Cc1cncn1C)C(=O)Nc1cn(C)nc1C(F)F. The molecule has 114 valence electrons. The number of hydrogen-bond donors (Lipinski definition) is 1. The quantitative estimate of drug-likeness (QED) is 0.935. The molecule has 21 heavy (non-hydrogen) atoms. The highest BCUT2D eigenvalue weighted by Gasteiger charge is 2.20. The Morgan fingerprint density at radius 3 is 2.76 bits per heavy atom. The molecule has 0 spiro atoms. The summed E-state index contributed by atoms with van der Waals surface area (Å²) < 4.78 is 28.6. The van der Waals surface area contributed by atoms with Gasteiger partial charge in [0.1, 0.15) is 0 Å². The summed E-state index contributed by atoms with van der Waals surface area (Å²) >= 11 is 0. The van der Waals surface area contributed by atoms with Crippen molar-refractivity contribution in [3.05, 3.63) is 30.1 Å². The lowest BCUT2D eigenvalue weighted by atomic mass is 10.3. The molecule has 0 aliphatic heterocycles. The maximum absolute atomic E-state index is 12.8. The molecular formula is C12H16F2N6O. The summed E-state index contributed by atoms with van der Waals surface area (Å²) in [6.45, 7) is 0.312. The van der Waals surface area contributed by atoms with Gasteiger partial charge < -0.3 is 14.8 Å². The highest BCUT2D eigenvalue weighted by atomic mass is 19.3. The second-order valence-electron chi connectivity index (χ2n) is 4.68. The molecule has 9 heteroatoms. The van der Waals surface area contributed by atoms with Crippen molar-refractivity contribution in [1.29, 1.82) is 0 Å². The van der Waals surface area contributed by atoms with Crippen molar-refractivity contribution in [2.24, 2.45) is 14.1 Å². The van der Waals surface area contributed by atoms with Gasteiger partial charge in [-0.1, -0.05) is 0 Å². The summed E-state index contributed by atoms with van der Waals surface area (Å²) in [6, 6.07) is -0.494. The minimum absolute atomic E-state index is 0.00866. The van der Waals surface area contributed by atoms with E-state index in [1.807, 2.05) is 7.05 Å². The number of nitrogens with one attached hydrogen (secondary N) is 1. The van der Waals surface area contributed by atoms with Crippen LogP contribution in [0.15, 0.2) is 18.7 Å². The number of rotatable bonds is 4. The number of alkyl halides is 2. The van der Waals surface area contributed by atoms with Gasteiger partial charge in [-0.25, -0.2) is 18.6 Å². The fourth-order valence-electron chi connectivity index (χ4n) is 1.83. The van der Waals surface area contributed by atoms with Crippen LogP contribution in [0.4, 0.5) is 19.3 Å². The molecule has 0 atom stereocenters. The Hall–Kier alpha value is -2.45. The zero-order valence-electron chi connectivity index (χ0n) is 11.9. The van der Waals surface area contributed by atoms with E-state index in [2.05, 4.69) is 15.4 Å². The lowest BCUT2D eigenvalue weighted by Crippen LogP contribution is -2.31. The van der Waals surface area contributed by atoms with Crippen LogP contribution >= 0.6 is 0 Å². The molecule has 1 N–H and O–H groups in total. The van der Waals surface area contributed by atoms with Crippen molar-refractivity contribution < 1.29 is 13.6 Å². The average molecular weight is 298 g/mol. The molecule has 0 bridgehead atoms. The molecule has 0 saturated carbocycles. The van der Waals surface area contributed by atoms with E-state index in [4.69, 9.17) is 0 Å². The number of nitrogens with zero attached hydrogens (tertiary/aromatic N) is 5. The Labute approximate surface area is 120 Å². The third kappa shape index (κ3) is 3.36. The van der Waals surface area contributed by atoms with Crippen molar-refractivity contribution in [3.63, 3.8) is 0 Å². The van der Waals surface area contributed by atoms with Gasteiger partial charge in [-0.3, -0.25) is 4.68 Å². The maximum Gasteiger partial charge on any atom is 0.322 e. The summed E-state index contributed by atoms with van der Waals surface area (Å²) in [5.41, 5.74) is 0.391. The molecule has 0 saturated heterocycles. The number of carbonyl (C=O) groups excluding carboxylic acids is 1. The molecule has 2 heterocycles. The van der Waals surface area contributed by atoms with E-state index < -0.39 is 18.2 Å². The fourth-order valence-corrected chi connectivity index (χ4v) is 1.83. The molecule has 0 unspecified atom stereocenters. The number of urea groups is 1. The third-order valence-electron chi connectivity index (χ3n) is 2.97. The summed E-state index contributed by atoms with van der Waals surface area (Å²) in [7, 11) is 4.89.